The quantitative estimate of drug-likeness (QED) is 0.535. The number of allylic oxidation sites excluding steroid dienone is 3. The minimum atomic E-state index is -0.395. The van der Waals surface area contributed by atoms with Crippen LogP contribution in [0.4, 0.5) is 0 Å². The maximum atomic E-state index is 6.28. The highest BCUT2D eigenvalue weighted by atomic mass is 16.5. The van der Waals surface area contributed by atoms with Crippen LogP contribution in [0, 0.1) is 0 Å². The molecule has 0 atom stereocenters. The van der Waals surface area contributed by atoms with Crippen molar-refractivity contribution in [1.82, 2.24) is 0 Å². The molecule has 1 nitrogen and oxygen atoms in total. The van der Waals surface area contributed by atoms with Crippen LogP contribution in [0.3, 0.4) is 0 Å². The van der Waals surface area contributed by atoms with Crippen molar-refractivity contribution in [3.8, 4) is 5.75 Å². The molecule has 0 saturated carbocycles. The van der Waals surface area contributed by atoms with Gasteiger partial charge >= 0.3 is 0 Å². The lowest BCUT2D eigenvalue weighted by molar-refractivity contribution is 0.387. The molecule has 1 heteroatoms. The Labute approximate surface area is 155 Å². The second-order valence-corrected chi connectivity index (χ2v) is 6.44. The molecule has 1 aliphatic heterocycles. The first-order chi connectivity index (χ1) is 12.8. The van der Waals surface area contributed by atoms with Gasteiger partial charge in [-0.3, -0.25) is 0 Å². The van der Waals surface area contributed by atoms with Gasteiger partial charge in [-0.2, -0.15) is 0 Å². The van der Waals surface area contributed by atoms with Crippen LogP contribution in [0.25, 0.3) is 0 Å². The molecule has 0 amide bonds. The van der Waals surface area contributed by atoms with Crippen LogP contribution in [0.5, 0.6) is 5.75 Å². The van der Waals surface area contributed by atoms with Crippen LogP contribution in [-0.4, -0.2) is 0 Å². The van der Waals surface area contributed by atoms with Crippen LogP contribution in [-0.2, 0) is 5.41 Å². The third kappa shape index (κ3) is 2.32. The van der Waals surface area contributed by atoms with Gasteiger partial charge in [-0.1, -0.05) is 84.9 Å². The number of para-hydroxylation sites is 1. The molecule has 0 aliphatic carbocycles. The van der Waals surface area contributed by atoms with Gasteiger partial charge < -0.3 is 4.74 Å². The van der Waals surface area contributed by atoms with Gasteiger partial charge in [0.05, 0.1) is 5.41 Å². The van der Waals surface area contributed by atoms with Crippen LogP contribution < -0.4 is 4.74 Å². The van der Waals surface area contributed by atoms with E-state index in [0.29, 0.717) is 0 Å². The Hall–Kier alpha value is -3.06. The number of hydrogen-bond acceptors (Lipinski definition) is 1. The molecule has 26 heavy (non-hydrogen) atoms. The van der Waals surface area contributed by atoms with Gasteiger partial charge in [-0.15, -0.1) is 0 Å². The Bertz CT molecular complexity index is 926. The standard InChI is InChI=1S/C25H22O/c1-3-21-23(4-2)26-24-18-12-11-17-22(24)25(21,19-13-7-5-8-14-19)20-15-9-6-10-16-20/h3-18H,1-2H3/b21-3?,23-4+. The van der Waals surface area contributed by atoms with Crippen molar-refractivity contribution in [3.63, 3.8) is 0 Å². The predicted molar refractivity (Wildman–Crippen MR) is 107 cm³/mol. The van der Waals surface area contributed by atoms with E-state index in [1.165, 1.54) is 22.3 Å². The first kappa shape index (κ1) is 16.4. The van der Waals surface area contributed by atoms with Crippen molar-refractivity contribution in [2.24, 2.45) is 0 Å². The largest absolute Gasteiger partial charge is 0.457 e. The number of hydrogen-bond donors (Lipinski definition) is 0. The number of fused-ring (bicyclic) bond motifs is 1. The molecule has 0 aromatic heterocycles. The van der Waals surface area contributed by atoms with Gasteiger partial charge in [0.1, 0.15) is 11.5 Å². The first-order valence-corrected chi connectivity index (χ1v) is 9.04. The van der Waals surface area contributed by atoms with Gasteiger partial charge in [0.15, 0.2) is 0 Å². The van der Waals surface area contributed by atoms with E-state index in [1.807, 2.05) is 13.0 Å². The van der Waals surface area contributed by atoms with Gasteiger partial charge in [0.25, 0.3) is 0 Å². The summed E-state index contributed by atoms with van der Waals surface area (Å²) in [4.78, 5) is 0. The summed E-state index contributed by atoms with van der Waals surface area (Å²) in [6.45, 7) is 4.13. The van der Waals surface area contributed by atoms with Gasteiger partial charge in [0, 0.05) is 11.1 Å². The van der Waals surface area contributed by atoms with E-state index in [-0.39, 0.29) is 0 Å². The van der Waals surface area contributed by atoms with Gasteiger partial charge in [-0.25, -0.2) is 0 Å². The molecule has 0 radical (unpaired) electrons. The molecule has 0 fully saturated rings. The molecule has 0 N–H and O–H groups in total. The van der Waals surface area contributed by atoms with Crippen molar-refractivity contribution in [2.75, 3.05) is 0 Å². The summed E-state index contributed by atoms with van der Waals surface area (Å²) in [6.07, 6.45) is 4.25. The number of benzene rings is 3. The van der Waals surface area contributed by atoms with E-state index in [4.69, 9.17) is 4.74 Å². The molecule has 0 unspecified atom stereocenters. The summed E-state index contributed by atoms with van der Waals surface area (Å²) in [6, 6.07) is 29.8. The molecule has 1 aliphatic rings. The third-order valence-corrected chi connectivity index (χ3v) is 5.14. The molecule has 128 valence electrons. The monoisotopic (exact) mass is 338 g/mol. The molecule has 3 aromatic rings. The average molecular weight is 338 g/mol. The molecule has 3 aromatic carbocycles. The minimum absolute atomic E-state index is 0.395. The SMILES string of the molecule is CC=C1/C(=C\C)Oc2ccccc2C1(c1ccccc1)c1ccccc1. The maximum absolute atomic E-state index is 6.28. The van der Waals surface area contributed by atoms with Gasteiger partial charge in [0.2, 0.25) is 0 Å². The minimum Gasteiger partial charge on any atom is -0.457 e. The zero-order valence-corrected chi connectivity index (χ0v) is 15.1. The second-order valence-electron chi connectivity index (χ2n) is 6.44. The second kappa shape index (κ2) is 6.68. The Morgan fingerprint density at radius 1 is 0.654 bits per heavy atom. The predicted octanol–water partition coefficient (Wildman–Crippen LogP) is 6.26. The van der Waals surface area contributed by atoms with E-state index >= 15 is 0 Å². The van der Waals surface area contributed by atoms with Crippen molar-refractivity contribution >= 4 is 0 Å². The smallest absolute Gasteiger partial charge is 0.132 e. The van der Waals surface area contributed by atoms with Gasteiger partial charge in [-0.05, 0) is 37.1 Å². The lowest BCUT2D eigenvalue weighted by atomic mass is 9.63. The van der Waals surface area contributed by atoms with Crippen LogP contribution in [0.1, 0.15) is 30.5 Å². The van der Waals surface area contributed by atoms with Crippen LogP contribution in [0.2, 0.25) is 0 Å². The molecular weight excluding hydrogens is 316 g/mol. The third-order valence-electron chi connectivity index (χ3n) is 5.14. The summed E-state index contributed by atoms with van der Waals surface area (Å²) >= 11 is 0. The van der Waals surface area contributed by atoms with Crippen LogP contribution in [0.15, 0.2) is 108 Å². The summed E-state index contributed by atoms with van der Waals surface area (Å²) in [5.41, 5.74) is 4.45. The van der Waals surface area contributed by atoms with E-state index in [2.05, 4.69) is 97.9 Å². The fourth-order valence-corrected chi connectivity index (χ4v) is 4.11. The van der Waals surface area contributed by atoms with E-state index < -0.39 is 5.41 Å². The Morgan fingerprint density at radius 2 is 1.19 bits per heavy atom. The Morgan fingerprint density at radius 3 is 1.73 bits per heavy atom. The van der Waals surface area contributed by atoms with E-state index in [0.717, 1.165) is 11.5 Å². The van der Waals surface area contributed by atoms with E-state index in [9.17, 15) is 0 Å². The Kier molecular flexibility index (Phi) is 4.22. The van der Waals surface area contributed by atoms with Crippen molar-refractivity contribution in [1.29, 1.82) is 0 Å². The average Bonchev–Trinajstić information content (AvgIpc) is 2.73. The summed E-state index contributed by atoms with van der Waals surface area (Å²) < 4.78 is 6.28. The number of ether oxygens (including phenoxy) is 1. The highest BCUT2D eigenvalue weighted by molar-refractivity contribution is 5.68. The summed E-state index contributed by atoms with van der Waals surface area (Å²) in [5.74, 6) is 1.83. The molecule has 0 bridgehead atoms. The summed E-state index contributed by atoms with van der Waals surface area (Å²) in [7, 11) is 0. The highest BCUT2D eigenvalue weighted by Gasteiger charge is 2.46. The zero-order chi connectivity index (χ0) is 18.0. The van der Waals surface area contributed by atoms with Crippen molar-refractivity contribution in [2.45, 2.75) is 19.3 Å². The molecule has 4 rings (SSSR count). The van der Waals surface area contributed by atoms with Crippen molar-refractivity contribution < 1.29 is 4.74 Å². The zero-order valence-electron chi connectivity index (χ0n) is 15.1. The van der Waals surface area contributed by atoms with Crippen LogP contribution >= 0.6 is 0 Å². The maximum Gasteiger partial charge on any atom is 0.132 e. The lowest BCUT2D eigenvalue weighted by Crippen LogP contribution is -2.37. The first-order valence-electron chi connectivity index (χ1n) is 9.04. The Balaban J connectivity index is 2.19. The molecule has 0 saturated heterocycles. The summed E-state index contributed by atoms with van der Waals surface area (Å²) in [5, 5.41) is 0. The molecule has 0 spiro atoms. The molecular formula is C25H22O. The number of rotatable bonds is 2. The highest BCUT2D eigenvalue weighted by Crippen LogP contribution is 2.53. The topological polar surface area (TPSA) is 9.23 Å². The fraction of sp³-hybridized carbons (Fsp3) is 0.120. The molecule has 1 heterocycles. The fourth-order valence-electron chi connectivity index (χ4n) is 4.11. The normalized spacial score (nSPS) is 18.4. The van der Waals surface area contributed by atoms with E-state index in [1.54, 1.807) is 0 Å². The van der Waals surface area contributed by atoms with Crippen molar-refractivity contribution in [3.05, 3.63) is 125 Å². The lowest BCUT2D eigenvalue weighted by Gasteiger charge is -2.43.